The van der Waals surface area contributed by atoms with Crippen molar-refractivity contribution in [1.29, 1.82) is 0 Å². The largest absolute Gasteiger partial charge is 0.477 e. The summed E-state index contributed by atoms with van der Waals surface area (Å²) in [6.45, 7) is 8.21. The van der Waals surface area contributed by atoms with Crippen LogP contribution in [0.5, 0.6) is 5.88 Å². The number of ether oxygens (including phenoxy) is 2. The van der Waals surface area contributed by atoms with Gasteiger partial charge in [0, 0.05) is 35.6 Å². The molecule has 0 amide bonds. The van der Waals surface area contributed by atoms with E-state index in [1.807, 2.05) is 20.8 Å². The van der Waals surface area contributed by atoms with Gasteiger partial charge in [-0.25, -0.2) is 13.9 Å². The number of aromatic nitrogens is 2. The van der Waals surface area contributed by atoms with Crippen molar-refractivity contribution in [2.45, 2.75) is 88.7 Å². The van der Waals surface area contributed by atoms with E-state index in [1.54, 1.807) is 12.4 Å². The molecule has 1 aliphatic carbocycles. The van der Waals surface area contributed by atoms with Crippen LogP contribution in [0.4, 0.5) is 0 Å². The maximum Gasteiger partial charge on any atom is 0.235 e. The molecule has 8 heteroatoms. The van der Waals surface area contributed by atoms with E-state index in [-0.39, 0.29) is 23.4 Å². The summed E-state index contributed by atoms with van der Waals surface area (Å²) < 4.78 is 27.5. The highest BCUT2D eigenvalue weighted by Gasteiger charge is 2.30. The van der Waals surface area contributed by atoms with Gasteiger partial charge in [-0.2, -0.15) is 0 Å². The summed E-state index contributed by atoms with van der Waals surface area (Å²) in [5.41, 5.74) is 0.988. The lowest BCUT2D eigenvalue weighted by Gasteiger charge is -2.35. The van der Waals surface area contributed by atoms with Crippen LogP contribution in [0.1, 0.15) is 70.9 Å². The lowest BCUT2D eigenvalue weighted by Crippen LogP contribution is -2.55. The van der Waals surface area contributed by atoms with Crippen LogP contribution in [-0.4, -0.2) is 57.4 Å². The van der Waals surface area contributed by atoms with E-state index in [0.717, 1.165) is 50.8 Å². The average molecular weight is 425 g/mol. The lowest BCUT2D eigenvalue weighted by atomic mass is 9.85. The van der Waals surface area contributed by atoms with Crippen molar-refractivity contribution in [1.82, 2.24) is 20.0 Å². The van der Waals surface area contributed by atoms with E-state index >= 15 is 0 Å². The van der Waals surface area contributed by atoms with Crippen molar-refractivity contribution in [3.05, 3.63) is 18.1 Å². The standard InChI is InChI=1S/C21H36N4O3S/c1-4-27-21-20(23-12-13-24-21)16-7-9-17(10-8-16)28-14-19-18(6-5-11-22-19)25-29(26)15(2)3/h12-13,15-19,22,25H,4-11,14H2,1-3H3. The first kappa shape index (κ1) is 22.6. The topological polar surface area (TPSA) is 85.4 Å². The molecule has 2 heterocycles. The third kappa shape index (κ3) is 6.44. The molecular weight excluding hydrogens is 388 g/mol. The van der Waals surface area contributed by atoms with Gasteiger partial charge in [0.2, 0.25) is 5.88 Å². The maximum absolute atomic E-state index is 12.2. The molecule has 29 heavy (non-hydrogen) atoms. The summed E-state index contributed by atoms with van der Waals surface area (Å²) in [4.78, 5) is 8.89. The molecule has 3 rings (SSSR count). The van der Waals surface area contributed by atoms with Gasteiger partial charge in [0.1, 0.15) is 5.69 Å². The van der Waals surface area contributed by atoms with Crippen LogP contribution in [0.3, 0.4) is 0 Å². The van der Waals surface area contributed by atoms with Crippen LogP contribution in [0.15, 0.2) is 12.4 Å². The minimum Gasteiger partial charge on any atom is -0.477 e. The average Bonchev–Trinajstić information content (AvgIpc) is 2.74. The van der Waals surface area contributed by atoms with Crippen LogP contribution in [-0.2, 0) is 15.7 Å². The number of hydrogen-bond acceptors (Lipinski definition) is 6. The van der Waals surface area contributed by atoms with Crippen LogP contribution in [0.25, 0.3) is 0 Å². The molecule has 1 aromatic rings. The molecule has 3 atom stereocenters. The fourth-order valence-corrected chi connectivity index (χ4v) is 5.01. The summed E-state index contributed by atoms with van der Waals surface area (Å²) in [5, 5.41) is 3.67. The number of piperidine rings is 1. The Balaban J connectivity index is 1.47. The lowest BCUT2D eigenvalue weighted by molar-refractivity contribution is 0.00491. The molecule has 2 fully saturated rings. The highest BCUT2D eigenvalue weighted by molar-refractivity contribution is 7.83. The smallest absolute Gasteiger partial charge is 0.235 e. The molecule has 164 valence electrons. The van der Waals surface area contributed by atoms with E-state index in [2.05, 4.69) is 20.0 Å². The Morgan fingerprint density at radius 1 is 1.21 bits per heavy atom. The highest BCUT2D eigenvalue weighted by atomic mass is 32.2. The van der Waals surface area contributed by atoms with Gasteiger partial charge in [-0.1, -0.05) is 0 Å². The Morgan fingerprint density at radius 2 is 1.97 bits per heavy atom. The second kappa shape index (κ2) is 11.3. The van der Waals surface area contributed by atoms with E-state index < -0.39 is 11.0 Å². The van der Waals surface area contributed by atoms with Crippen LogP contribution in [0, 0.1) is 0 Å². The van der Waals surface area contributed by atoms with E-state index in [1.165, 1.54) is 0 Å². The first-order valence-electron chi connectivity index (χ1n) is 11.0. The third-order valence-electron chi connectivity index (χ3n) is 5.82. The van der Waals surface area contributed by atoms with Crippen LogP contribution < -0.4 is 14.8 Å². The SMILES string of the molecule is CCOc1nccnc1C1CCC(OCC2NCCCC2NS(=O)C(C)C)CC1. The monoisotopic (exact) mass is 424 g/mol. The zero-order valence-corrected chi connectivity index (χ0v) is 18.7. The van der Waals surface area contributed by atoms with Crippen LogP contribution in [0.2, 0.25) is 0 Å². The number of hydrogen-bond donors (Lipinski definition) is 2. The predicted octanol–water partition coefficient (Wildman–Crippen LogP) is 2.70. The van der Waals surface area contributed by atoms with Gasteiger partial charge in [0.05, 0.1) is 30.3 Å². The van der Waals surface area contributed by atoms with Crippen molar-refractivity contribution in [3.63, 3.8) is 0 Å². The van der Waals surface area contributed by atoms with Gasteiger partial charge < -0.3 is 14.8 Å². The molecule has 3 unspecified atom stereocenters. The molecule has 1 saturated carbocycles. The summed E-state index contributed by atoms with van der Waals surface area (Å²) in [6.07, 6.45) is 10.00. The molecule has 0 aromatic carbocycles. The Kier molecular flexibility index (Phi) is 8.84. The third-order valence-corrected chi connectivity index (χ3v) is 7.22. The minimum atomic E-state index is -0.999. The van der Waals surface area contributed by atoms with E-state index in [4.69, 9.17) is 9.47 Å². The fourth-order valence-electron chi connectivity index (χ4n) is 4.16. The van der Waals surface area contributed by atoms with Crippen molar-refractivity contribution >= 4 is 11.0 Å². The van der Waals surface area contributed by atoms with Crippen molar-refractivity contribution in [3.8, 4) is 5.88 Å². The summed E-state index contributed by atoms with van der Waals surface area (Å²) >= 11 is 0. The van der Waals surface area contributed by atoms with E-state index in [9.17, 15) is 4.21 Å². The maximum atomic E-state index is 12.2. The summed E-state index contributed by atoms with van der Waals surface area (Å²) in [5.74, 6) is 1.07. The van der Waals surface area contributed by atoms with Gasteiger partial charge in [-0.3, -0.25) is 4.98 Å². The molecular formula is C21H36N4O3S. The first-order chi connectivity index (χ1) is 14.1. The Bertz CT molecular complexity index is 653. The Morgan fingerprint density at radius 3 is 2.69 bits per heavy atom. The molecule has 2 aliphatic rings. The molecule has 1 aromatic heterocycles. The van der Waals surface area contributed by atoms with Gasteiger partial charge in [-0.05, 0) is 65.8 Å². The fraction of sp³-hybridized carbons (Fsp3) is 0.810. The quantitative estimate of drug-likeness (QED) is 0.634. The highest BCUT2D eigenvalue weighted by Crippen LogP contribution is 2.36. The normalized spacial score (nSPS) is 29.0. The number of nitrogens with one attached hydrogen (secondary N) is 2. The van der Waals surface area contributed by atoms with Gasteiger partial charge in [-0.15, -0.1) is 0 Å². The second-order valence-corrected chi connectivity index (χ2v) is 10.0. The zero-order chi connectivity index (χ0) is 20.6. The van der Waals surface area contributed by atoms with Gasteiger partial charge in [0.15, 0.2) is 0 Å². The Labute approximate surface area is 177 Å². The number of nitrogens with zero attached hydrogens (tertiary/aromatic N) is 2. The second-order valence-electron chi connectivity index (χ2n) is 8.26. The Hall–Kier alpha value is -1.09. The van der Waals surface area contributed by atoms with Crippen molar-refractivity contribution < 1.29 is 13.7 Å². The van der Waals surface area contributed by atoms with Crippen LogP contribution >= 0.6 is 0 Å². The molecule has 0 spiro atoms. The van der Waals surface area contributed by atoms with Gasteiger partial charge in [0.25, 0.3) is 0 Å². The summed E-state index contributed by atoms with van der Waals surface area (Å²) in [6, 6.07) is 0.422. The van der Waals surface area contributed by atoms with Crippen molar-refractivity contribution in [2.24, 2.45) is 0 Å². The summed E-state index contributed by atoms with van der Waals surface area (Å²) in [7, 11) is -0.999. The molecule has 0 bridgehead atoms. The zero-order valence-electron chi connectivity index (χ0n) is 17.9. The molecule has 0 radical (unpaired) electrons. The molecule has 1 aliphatic heterocycles. The first-order valence-corrected chi connectivity index (χ1v) is 12.2. The molecule has 7 nitrogen and oxygen atoms in total. The number of rotatable bonds is 9. The van der Waals surface area contributed by atoms with E-state index in [0.29, 0.717) is 25.0 Å². The molecule has 1 saturated heterocycles. The van der Waals surface area contributed by atoms with Gasteiger partial charge >= 0.3 is 0 Å². The predicted molar refractivity (Wildman–Crippen MR) is 115 cm³/mol. The molecule has 2 N–H and O–H groups in total. The minimum absolute atomic E-state index is 0.122. The van der Waals surface area contributed by atoms with Crippen molar-refractivity contribution in [2.75, 3.05) is 19.8 Å².